The summed E-state index contributed by atoms with van der Waals surface area (Å²) in [5, 5.41) is 2.76. The maximum absolute atomic E-state index is 12.5. The van der Waals surface area contributed by atoms with Gasteiger partial charge in [0.1, 0.15) is 11.2 Å². The number of ether oxygens (including phenoxy) is 2. The smallest absolute Gasteiger partial charge is 0.321 e. The molecule has 2 heterocycles. The van der Waals surface area contributed by atoms with Crippen molar-refractivity contribution in [3.63, 3.8) is 0 Å². The van der Waals surface area contributed by atoms with Crippen LogP contribution in [-0.4, -0.2) is 37.1 Å². The fourth-order valence-corrected chi connectivity index (χ4v) is 3.06. The second-order valence-electron chi connectivity index (χ2n) is 6.67. The summed E-state index contributed by atoms with van der Waals surface area (Å²) in [6, 6.07) is 1.87. The molecule has 1 fully saturated rings. The van der Waals surface area contributed by atoms with Crippen LogP contribution in [0.15, 0.2) is 24.5 Å². The molecule has 6 heteroatoms. The van der Waals surface area contributed by atoms with Gasteiger partial charge in [-0.2, -0.15) is 0 Å². The zero-order valence-corrected chi connectivity index (χ0v) is 15.1. The first kappa shape index (κ1) is 19.0. The second kappa shape index (κ2) is 8.65. The number of nitrogens with one attached hydrogen (secondary N) is 1. The highest BCUT2D eigenvalue weighted by atomic mass is 16.5. The minimum absolute atomic E-state index is 0.204. The Bertz CT molecular complexity index is 642. The topological polar surface area (TPSA) is 77.5 Å². The van der Waals surface area contributed by atoms with E-state index in [1.54, 1.807) is 19.5 Å². The Balaban J connectivity index is 1.86. The number of esters is 1. The third-order valence-corrected chi connectivity index (χ3v) is 4.22. The van der Waals surface area contributed by atoms with Crippen LogP contribution < -0.4 is 10.1 Å². The van der Waals surface area contributed by atoms with Crippen LogP contribution in [-0.2, 0) is 14.3 Å². The molecule has 1 aliphatic heterocycles. The van der Waals surface area contributed by atoms with Gasteiger partial charge in [-0.05, 0) is 36.8 Å². The van der Waals surface area contributed by atoms with Crippen LogP contribution in [0.5, 0.6) is 5.75 Å². The summed E-state index contributed by atoms with van der Waals surface area (Å²) in [6.07, 6.45) is 8.77. The van der Waals surface area contributed by atoms with Gasteiger partial charge in [0, 0.05) is 12.7 Å². The molecule has 6 nitrogen and oxygen atoms in total. The van der Waals surface area contributed by atoms with Crippen molar-refractivity contribution < 1.29 is 19.1 Å². The molecule has 1 amide bonds. The van der Waals surface area contributed by atoms with Gasteiger partial charge in [-0.3, -0.25) is 14.6 Å². The van der Waals surface area contributed by atoms with Gasteiger partial charge in [-0.15, -0.1) is 0 Å². The van der Waals surface area contributed by atoms with Gasteiger partial charge in [0.2, 0.25) is 5.91 Å². The normalized spacial score (nSPS) is 20.1. The number of nitrogens with zero attached hydrogens (tertiary/aromatic N) is 1. The summed E-state index contributed by atoms with van der Waals surface area (Å²) >= 11 is 0. The monoisotopic (exact) mass is 346 g/mol. The molecule has 2 rings (SSSR count). The lowest BCUT2D eigenvalue weighted by molar-refractivity contribution is -0.160. The number of amides is 1. The maximum atomic E-state index is 12.5. The predicted molar refractivity (Wildman–Crippen MR) is 94.9 cm³/mol. The molecule has 136 valence electrons. The lowest BCUT2D eigenvalue weighted by Crippen LogP contribution is -2.41. The molecule has 0 radical (unpaired) electrons. The number of aromatic nitrogens is 1. The first-order valence-corrected chi connectivity index (χ1v) is 8.59. The Labute approximate surface area is 148 Å². The average molecular weight is 346 g/mol. The van der Waals surface area contributed by atoms with E-state index in [4.69, 9.17) is 9.47 Å². The molecule has 1 atom stereocenters. The Morgan fingerprint density at radius 1 is 1.44 bits per heavy atom. The number of carbonyl (C=O) groups is 2. The molecule has 1 saturated heterocycles. The van der Waals surface area contributed by atoms with Crippen LogP contribution in [0.25, 0.3) is 6.08 Å². The zero-order valence-electron chi connectivity index (χ0n) is 15.1. The minimum atomic E-state index is -1.02. The second-order valence-corrected chi connectivity index (χ2v) is 6.67. The molecule has 1 aromatic rings. The van der Waals surface area contributed by atoms with E-state index in [0.29, 0.717) is 31.6 Å². The van der Waals surface area contributed by atoms with Crippen molar-refractivity contribution in [3.8, 4) is 5.75 Å². The number of hydrogen-bond donors (Lipinski definition) is 1. The van der Waals surface area contributed by atoms with Crippen molar-refractivity contribution in [3.05, 3.63) is 30.1 Å². The summed E-state index contributed by atoms with van der Waals surface area (Å²) < 4.78 is 10.5. The molecule has 1 N–H and O–H groups in total. The quantitative estimate of drug-likeness (QED) is 0.445. The molecular weight excluding hydrogens is 320 g/mol. The van der Waals surface area contributed by atoms with Gasteiger partial charge in [-0.1, -0.05) is 26.0 Å². The van der Waals surface area contributed by atoms with Gasteiger partial charge in [0.05, 0.1) is 19.9 Å². The summed E-state index contributed by atoms with van der Waals surface area (Å²) in [5.41, 5.74) is -0.105. The molecule has 25 heavy (non-hydrogen) atoms. The Morgan fingerprint density at radius 2 is 2.24 bits per heavy atom. The number of methoxy groups -OCH3 is 1. The van der Waals surface area contributed by atoms with E-state index in [0.717, 1.165) is 5.56 Å². The predicted octanol–water partition coefficient (Wildman–Crippen LogP) is 2.59. The Kier molecular flexibility index (Phi) is 6.56. The van der Waals surface area contributed by atoms with Crippen molar-refractivity contribution in [2.24, 2.45) is 11.3 Å². The maximum Gasteiger partial charge on any atom is 0.321 e. The Morgan fingerprint density at radius 3 is 2.88 bits per heavy atom. The van der Waals surface area contributed by atoms with Crippen molar-refractivity contribution in [2.45, 2.75) is 33.1 Å². The molecule has 0 spiro atoms. The van der Waals surface area contributed by atoms with Gasteiger partial charge < -0.3 is 14.8 Å². The fraction of sp³-hybridized carbons (Fsp3) is 0.526. The van der Waals surface area contributed by atoms with Crippen LogP contribution in [0.4, 0.5) is 0 Å². The number of pyridine rings is 1. The van der Waals surface area contributed by atoms with E-state index in [-0.39, 0.29) is 18.4 Å². The Hall–Kier alpha value is -2.37. The van der Waals surface area contributed by atoms with Crippen LogP contribution in [0.1, 0.15) is 38.7 Å². The molecule has 1 aromatic heterocycles. The van der Waals surface area contributed by atoms with Gasteiger partial charge in [0.25, 0.3) is 0 Å². The molecule has 1 aliphatic rings. The summed E-state index contributed by atoms with van der Waals surface area (Å²) in [6.45, 7) is 4.79. The van der Waals surface area contributed by atoms with Crippen molar-refractivity contribution in [2.75, 3.05) is 20.3 Å². The summed E-state index contributed by atoms with van der Waals surface area (Å²) in [5.74, 6) is 0.324. The molecule has 0 aliphatic carbocycles. The van der Waals surface area contributed by atoms with Gasteiger partial charge in [-0.25, -0.2) is 0 Å². The largest absolute Gasteiger partial charge is 0.495 e. The van der Waals surface area contributed by atoms with E-state index in [1.807, 2.05) is 32.1 Å². The SMILES string of the molecule is COc1cncc(/C=C/CCOC(=O)C2(CC(C)C)CCNC2=O)c1. The van der Waals surface area contributed by atoms with E-state index in [1.165, 1.54) is 0 Å². The lowest BCUT2D eigenvalue weighted by atomic mass is 9.78. The minimum Gasteiger partial charge on any atom is -0.495 e. The van der Waals surface area contributed by atoms with E-state index in [2.05, 4.69) is 10.3 Å². The highest BCUT2D eigenvalue weighted by Gasteiger charge is 2.50. The number of carbonyl (C=O) groups excluding carboxylic acids is 2. The summed E-state index contributed by atoms with van der Waals surface area (Å²) in [4.78, 5) is 28.7. The third kappa shape index (κ3) is 4.81. The first-order valence-electron chi connectivity index (χ1n) is 8.59. The summed E-state index contributed by atoms with van der Waals surface area (Å²) in [7, 11) is 1.59. The van der Waals surface area contributed by atoms with Crippen molar-refractivity contribution in [1.29, 1.82) is 0 Å². The van der Waals surface area contributed by atoms with Crippen LogP contribution in [0, 0.1) is 11.3 Å². The van der Waals surface area contributed by atoms with Crippen LogP contribution >= 0.6 is 0 Å². The van der Waals surface area contributed by atoms with Gasteiger partial charge >= 0.3 is 5.97 Å². The average Bonchev–Trinajstić information content (AvgIpc) is 2.95. The standard InChI is InChI=1S/C19H26N2O4/c1-14(2)11-19(7-8-21-17(19)22)18(23)25-9-5-4-6-15-10-16(24-3)13-20-12-15/h4,6,10,12-14H,5,7-9,11H2,1-3H3,(H,21,22)/b6-4+. The van der Waals surface area contributed by atoms with Crippen molar-refractivity contribution >= 4 is 18.0 Å². The van der Waals surface area contributed by atoms with Crippen LogP contribution in [0.3, 0.4) is 0 Å². The number of rotatable bonds is 8. The third-order valence-electron chi connectivity index (χ3n) is 4.22. The van der Waals surface area contributed by atoms with Crippen molar-refractivity contribution in [1.82, 2.24) is 10.3 Å². The highest BCUT2D eigenvalue weighted by molar-refractivity contribution is 6.04. The number of hydrogen-bond acceptors (Lipinski definition) is 5. The molecular formula is C19H26N2O4. The van der Waals surface area contributed by atoms with Crippen LogP contribution in [0.2, 0.25) is 0 Å². The molecule has 0 aromatic carbocycles. The molecule has 0 bridgehead atoms. The molecule has 1 unspecified atom stereocenters. The highest BCUT2D eigenvalue weighted by Crippen LogP contribution is 2.35. The molecule has 0 saturated carbocycles. The lowest BCUT2D eigenvalue weighted by Gasteiger charge is -2.25. The fourth-order valence-electron chi connectivity index (χ4n) is 3.06. The van der Waals surface area contributed by atoms with Gasteiger partial charge in [0.15, 0.2) is 0 Å². The van der Waals surface area contributed by atoms with E-state index >= 15 is 0 Å². The first-order chi connectivity index (χ1) is 12.0. The van der Waals surface area contributed by atoms with E-state index in [9.17, 15) is 9.59 Å². The zero-order chi connectivity index (χ0) is 18.3. The van der Waals surface area contributed by atoms with E-state index < -0.39 is 11.4 Å².